The first kappa shape index (κ1) is 13.0. The highest BCUT2D eigenvalue weighted by atomic mass is 16.3. The molecule has 0 fully saturated rings. The molecule has 0 unspecified atom stereocenters. The Labute approximate surface area is 119 Å². The van der Waals surface area contributed by atoms with Gasteiger partial charge in [0.1, 0.15) is 36.3 Å². The van der Waals surface area contributed by atoms with Crippen LogP contribution in [0.1, 0.15) is 21.9 Å². The summed E-state index contributed by atoms with van der Waals surface area (Å²) in [5.74, 6) is 1.85. The molecule has 0 saturated carbocycles. The number of hydrogen-bond donors (Lipinski definition) is 1. The molecule has 1 amide bonds. The Morgan fingerprint density at radius 2 is 2.10 bits per heavy atom. The van der Waals surface area contributed by atoms with E-state index in [0.717, 1.165) is 0 Å². The SMILES string of the molecule is Cc1cc(C(=O)Nc2cc(-n3cncn3)ncn2)c(C)o1. The third kappa shape index (κ3) is 2.64. The third-order valence-electron chi connectivity index (χ3n) is 2.83. The van der Waals surface area contributed by atoms with Crippen LogP contribution < -0.4 is 5.32 Å². The maximum Gasteiger partial charge on any atom is 0.260 e. The van der Waals surface area contributed by atoms with Gasteiger partial charge in [-0.05, 0) is 19.9 Å². The summed E-state index contributed by atoms with van der Waals surface area (Å²) < 4.78 is 6.82. The van der Waals surface area contributed by atoms with Crippen LogP contribution in [0.5, 0.6) is 0 Å². The van der Waals surface area contributed by atoms with Crippen molar-refractivity contribution in [2.45, 2.75) is 13.8 Å². The predicted molar refractivity (Wildman–Crippen MR) is 73.1 cm³/mol. The van der Waals surface area contributed by atoms with Crippen LogP contribution in [0.15, 0.2) is 35.5 Å². The molecular formula is C13H12N6O2. The van der Waals surface area contributed by atoms with E-state index in [2.05, 4.69) is 25.4 Å². The Morgan fingerprint density at radius 1 is 1.24 bits per heavy atom. The average molecular weight is 284 g/mol. The van der Waals surface area contributed by atoms with Crippen LogP contribution >= 0.6 is 0 Å². The lowest BCUT2D eigenvalue weighted by Gasteiger charge is -2.05. The highest BCUT2D eigenvalue weighted by Gasteiger charge is 2.14. The van der Waals surface area contributed by atoms with Crippen LogP contribution in [0.25, 0.3) is 5.82 Å². The fourth-order valence-corrected chi connectivity index (χ4v) is 1.91. The molecule has 0 spiro atoms. The molecule has 0 aliphatic rings. The molecule has 0 aliphatic carbocycles. The fraction of sp³-hybridized carbons (Fsp3) is 0.154. The van der Waals surface area contributed by atoms with Crippen molar-refractivity contribution in [1.29, 1.82) is 0 Å². The first-order valence-electron chi connectivity index (χ1n) is 6.19. The van der Waals surface area contributed by atoms with Gasteiger partial charge in [0.2, 0.25) is 0 Å². The molecule has 106 valence electrons. The number of aryl methyl sites for hydroxylation is 2. The maximum absolute atomic E-state index is 12.2. The van der Waals surface area contributed by atoms with E-state index in [0.29, 0.717) is 28.7 Å². The van der Waals surface area contributed by atoms with Crippen LogP contribution in [-0.4, -0.2) is 30.6 Å². The Morgan fingerprint density at radius 3 is 2.76 bits per heavy atom. The van der Waals surface area contributed by atoms with E-state index >= 15 is 0 Å². The lowest BCUT2D eigenvalue weighted by Crippen LogP contribution is -2.14. The first-order chi connectivity index (χ1) is 10.1. The highest BCUT2D eigenvalue weighted by Crippen LogP contribution is 2.16. The van der Waals surface area contributed by atoms with E-state index in [4.69, 9.17) is 4.42 Å². The van der Waals surface area contributed by atoms with Gasteiger partial charge in [-0.1, -0.05) is 0 Å². The van der Waals surface area contributed by atoms with Crippen molar-refractivity contribution in [3.8, 4) is 5.82 Å². The molecule has 0 atom stereocenters. The summed E-state index contributed by atoms with van der Waals surface area (Å²) in [6.45, 7) is 3.53. The monoisotopic (exact) mass is 284 g/mol. The molecule has 0 saturated heterocycles. The van der Waals surface area contributed by atoms with Gasteiger partial charge in [-0.3, -0.25) is 4.79 Å². The molecule has 21 heavy (non-hydrogen) atoms. The summed E-state index contributed by atoms with van der Waals surface area (Å²) in [5, 5.41) is 6.67. The second-order valence-corrected chi connectivity index (χ2v) is 4.38. The minimum atomic E-state index is -0.285. The minimum Gasteiger partial charge on any atom is -0.466 e. The summed E-state index contributed by atoms with van der Waals surface area (Å²) in [6, 6.07) is 3.29. The van der Waals surface area contributed by atoms with Crippen molar-refractivity contribution in [2.75, 3.05) is 5.32 Å². The Kier molecular flexibility index (Phi) is 3.19. The van der Waals surface area contributed by atoms with Crippen molar-refractivity contribution in [2.24, 2.45) is 0 Å². The van der Waals surface area contributed by atoms with E-state index in [1.54, 1.807) is 26.0 Å². The minimum absolute atomic E-state index is 0.285. The van der Waals surface area contributed by atoms with E-state index in [1.807, 2.05) is 0 Å². The van der Waals surface area contributed by atoms with E-state index < -0.39 is 0 Å². The predicted octanol–water partition coefficient (Wildman–Crippen LogP) is 1.52. The van der Waals surface area contributed by atoms with Gasteiger partial charge in [-0.15, -0.1) is 0 Å². The number of carbonyl (C=O) groups is 1. The summed E-state index contributed by atoms with van der Waals surface area (Å²) in [6.07, 6.45) is 4.26. The van der Waals surface area contributed by atoms with Crippen LogP contribution in [0.2, 0.25) is 0 Å². The molecule has 8 nitrogen and oxygen atoms in total. The van der Waals surface area contributed by atoms with E-state index in [1.165, 1.54) is 23.7 Å². The average Bonchev–Trinajstić information content (AvgIpc) is 3.08. The summed E-state index contributed by atoms with van der Waals surface area (Å²) in [5.41, 5.74) is 0.480. The van der Waals surface area contributed by atoms with Gasteiger partial charge >= 0.3 is 0 Å². The van der Waals surface area contributed by atoms with Crippen LogP contribution in [0.3, 0.4) is 0 Å². The van der Waals surface area contributed by atoms with E-state index in [-0.39, 0.29) is 5.91 Å². The molecule has 0 aromatic carbocycles. The van der Waals surface area contributed by atoms with Crippen molar-refractivity contribution < 1.29 is 9.21 Å². The topological polar surface area (TPSA) is 98.7 Å². The van der Waals surface area contributed by atoms with Crippen molar-refractivity contribution in [3.05, 3.63) is 48.2 Å². The Balaban J connectivity index is 1.84. The number of furan rings is 1. The van der Waals surface area contributed by atoms with Crippen molar-refractivity contribution >= 4 is 11.7 Å². The lowest BCUT2D eigenvalue weighted by molar-refractivity contribution is 0.102. The largest absolute Gasteiger partial charge is 0.466 e. The summed E-state index contributed by atoms with van der Waals surface area (Å²) in [7, 11) is 0. The number of rotatable bonds is 3. The normalized spacial score (nSPS) is 10.6. The zero-order valence-corrected chi connectivity index (χ0v) is 11.4. The van der Waals surface area contributed by atoms with Crippen molar-refractivity contribution in [3.63, 3.8) is 0 Å². The molecule has 8 heteroatoms. The molecule has 1 N–H and O–H groups in total. The van der Waals surface area contributed by atoms with Crippen LogP contribution in [-0.2, 0) is 0 Å². The molecule has 0 bridgehead atoms. The smallest absolute Gasteiger partial charge is 0.260 e. The number of nitrogens with zero attached hydrogens (tertiary/aromatic N) is 5. The molecular weight excluding hydrogens is 272 g/mol. The second-order valence-electron chi connectivity index (χ2n) is 4.38. The van der Waals surface area contributed by atoms with Crippen molar-refractivity contribution in [1.82, 2.24) is 24.7 Å². The lowest BCUT2D eigenvalue weighted by atomic mass is 10.2. The van der Waals surface area contributed by atoms with Gasteiger partial charge < -0.3 is 9.73 Å². The van der Waals surface area contributed by atoms with Gasteiger partial charge in [0.15, 0.2) is 5.82 Å². The Hall–Kier alpha value is -3.03. The molecule has 3 aromatic rings. The molecule has 3 heterocycles. The van der Waals surface area contributed by atoms with Gasteiger partial charge in [0, 0.05) is 6.07 Å². The highest BCUT2D eigenvalue weighted by molar-refractivity contribution is 6.04. The summed E-state index contributed by atoms with van der Waals surface area (Å²) >= 11 is 0. The quantitative estimate of drug-likeness (QED) is 0.782. The summed E-state index contributed by atoms with van der Waals surface area (Å²) in [4.78, 5) is 24.1. The number of hydrogen-bond acceptors (Lipinski definition) is 6. The Bertz CT molecular complexity index is 778. The van der Waals surface area contributed by atoms with Gasteiger partial charge in [0.05, 0.1) is 5.56 Å². The molecule has 0 aliphatic heterocycles. The van der Waals surface area contributed by atoms with Gasteiger partial charge in [-0.25, -0.2) is 19.6 Å². The third-order valence-corrected chi connectivity index (χ3v) is 2.83. The van der Waals surface area contributed by atoms with Gasteiger partial charge in [-0.2, -0.15) is 5.10 Å². The molecule has 3 aromatic heterocycles. The zero-order chi connectivity index (χ0) is 14.8. The zero-order valence-electron chi connectivity index (χ0n) is 11.4. The standard InChI is InChI=1S/C13H12N6O2/c1-8-3-10(9(2)21-8)13(20)18-11-4-12(16-6-15-11)19-7-14-5-17-19/h3-7H,1-2H3,(H,15,16,18,20). The molecule has 3 rings (SSSR count). The van der Waals surface area contributed by atoms with Crippen LogP contribution in [0.4, 0.5) is 5.82 Å². The number of amides is 1. The number of nitrogens with one attached hydrogen (secondary N) is 1. The fourth-order valence-electron chi connectivity index (χ4n) is 1.91. The first-order valence-corrected chi connectivity index (χ1v) is 6.19. The van der Waals surface area contributed by atoms with E-state index in [9.17, 15) is 4.79 Å². The number of aromatic nitrogens is 5. The number of anilines is 1. The maximum atomic E-state index is 12.2. The van der Waals surface area contributed by atoms with Gasteiger partial charge in [0.25, 0.3) is 5.91 Å². The molecule has 0 radical (unpaired) electrons. The van der Waals surface area contributed by atoms with Crippen LogP contribution in [0, 0.1) is 13.8 Å². The second kappa shape index (κ2) is 5.16. The number of carbonyl (C=O) groups excluding carboxylic acids is 1.